The first-order valence-corrected chi connectivity index (χ1v) is 22.2. The second kappa shape index (κ2) is 15.6. The molecule has 0 fully saturated rings. The van der Waals surface area contributed by atoms with Crippen molar-refractivity contribution in [2.24, 2.45) is 0 Å². The predicted molar refractivity (Wildman–Crippen MR) is 213 cm³/mol. The van der Waals surface area contributed by atoms with E-state index in [1.54, 1.807) is 22.7 Å². The van der Waals surface area contributed by atoms with Gasteiger partial charge in [0, 0.05) is 14.6 Å². The molecular weight excluding hydrogens is 749 g/mol. The Bertz CT molecular complexity index is 2310. The molecule has 1 aliphatic rings. The summed E-state index contributed by atoms with van der Waals surface area (Å²) in [6.45, 7) is 0.640. The lowest BCUT2D eigenvalue weighted by atomic mass is 9.67. The molecule has 53 heavy (non-hydrogen) atoms. The van der Waals surface area contributed by atoms with Crippen molar-refractivity contribution in [2.45, 2.75) is 31.1 Å². The van der Waals surface area contributed by atoms with Gasteiger partial charge in [0.1, 0.15) is 11.5 Å². The molecule has 0 radical (unpaired) electrons. The van der Waals surface area contributed by atoms with Gasteiger partial charge in [0.15, 0.2) is 0 Å². The van der Waals surface area contributed by atoms with E-state index in [1.165, 1.54) is 14.6 Å². The molecule has 7 rings (SSSR count). The Morgan fingerprint density at radius 1 is 0.547 bits per heavy atom. The molecule has 0 atom stereocenters. The number of ether oxygens (including phenoxy) is 2. The summed E-state index contributed by atoms with van der Waals surface area (Å²) in [5.41, 5.74) is 7.12. The van der Waals surface area contributed by atoms with Gasteiger partial charge >= 0.3 is 0 Å². The Morgan fingerprint density at radius 2 is 1.11 bits per heavy atom. The molecule has 274 valence electrons. The maximum atomic E-state index is 11.1. The average molecular weight is 787 g/mol. The second-order valence-corrected chi connectivity index (χ2v) is 18.1. The van der Waals surface area contributed by atoms with Crippen molar-refractivity contribution in [1.82, 2.24) is 0 Å². The van der Waals surface area contributed by atoms with E-state index in [0.29, 0.717) is 50.4 Å². The van der Waals surface area contributed by atoms with Gasteiger partial charge < -0.3 is 9.47 Å². The molecule has 0 aliphatic heterocycles. The zero-order valence-corrected chi connectivity index (χ0v) is 31.9. The number of rotatable bonds is 16. The van der Waals surface area contributed by atoms with Crippen molar-refractivity contribution in [2.75, 3.05) is 24.7 Å². The number of fused-ring (bicyclic) bond motifs is 3. The Morgan fingerprint density at radius 3 is 1.68 bits per heavy atom. The Balaban J connectivity index is 1.26. The van der Waals surface area contributed by atoms with E-state index in [0.717, 1.165) is 38.9 Å². The first-order valence-electron chi connectivity index (χ1n) is 17.3. The average Bonchev–Trinajstić information content (AvgIpc) is 3.90. The highest BCUT2D eigenvalue weighted by Crippen LogP contribution is 2.57. The van der Waals surface area contributed by atoms with Crippen LogP contribution in [0.5, 0.6) is 11.5 Å². The highest BCUT2D eigenvalue weighted by Gasteiger charge is 2.46. The van der Waals surface area contributed by atoms with Crippen LogP contribution < -0.4 is 9.47 Å². The number of thiophene rings is 2. The van der Waals surface area contributed by atoms with Crippen molar-refractivity contribution in [3.05, 3.63) is 143 Å². The number of benzene rings is 4. The summed E-state index contributed by atoms with van der Waals surface area (Å²) in [4.78, 5) is 3.65. The fourth-order valence-corrected chi connectivity index (χ4v) is 10.00. The fraction of sp³-hybridized carbons (Fsp3) is 0.220. The summed E-state index contributed by atoms with van der Waals surface area (Å²) in [5, 5.41) is 2.09. The standard InChI is InChI=1S/C41H38O8S4/c42-52(43,44)26-5-3-23-48-32-16-12-30(13-17-32)41(31-14-18-33(19-15-31)49-24-4-6-27-53(45,46)47)36-9-2-1-8-34(36)35-20-11-29(28-37(35)41)38-21-22-40(51-38)39-10-7-25-50-39/h1-2,7-22,25,28H,3-6,23-24,26-27H2,(H,42,43,44)(H,45,46,47). The highest BCUT2D eigenvalue weighted by atomic mass is 32.2. The lowest BCUT2D eigenvalue weighted by Crippen LogP contribution is -2.28. The van der Waals surface area contributed by atoms with E-state index in [9.17, 15) is 16.8 Å². The van der Waals surface area contributed by atoms with Gasteiger partial charge in [-0.1, -0.05) is 66.7 Å². The maximum absolute atomic E-state index is 11.1. The second-order valence-electron chi connectivity index (χ2n) is 12.9. The van der Waals surface area contributed by atoms with E-state index < -0.39 is 25.7 Å². The Kier molecular flexibility index (Phi) is 10.9. The molecule has 0 spiro atoms. The van der Waals surface area contributed by atoms with Crippen LogP contribution in [0.25, 0.3) is 31.3 Å². The summed E-state index contributed by atoms with van der Waals surface area (Å²) in [7, 11) is -8.00. The van der Waals surface area contributed by atoms with Crippen LogP contribution in [-0.2, 0) is 25.7 Å². The normalized spacial score (nSPS) is 13.4. The van der Waals surface area contributed by atoms with Crippen LogP contribution in [0, 0.1) is 0 Å². The molecule has 6 aromatic rings. The van der Waals surface area contributed by atoms with Gasteiger partial charge in [-0.05, 0) is 119 Å². The Labute approximate surface area is 318 Å². The topological polar surface area (TPSA) is 127 Å². The summed E-state index contributed by atoms with van der Waals surface area (Å²) in [6, 6.07) is 40.0. The third-order valence-corrected chi connectivity index (χ3v) is 13.2. The number of hydrogen-bond acceptors (Lipinski definition) is 8. The molecule has 2 N–H and O–H groups in total. The summed E-state index contributed by atoms with van der Waals surface area (Å²) < 4.78 is 74.5. The minimum absolute atomic E-state index is 0.294. The van der Waals surface area contributed by atoms with Gasteiger partial charge in [-0.25, -0.2) is 0 Å². The van der Waals surface area contributed by atoms with Gasteiger partial charge in [-0.15, -0.1) is 22.7 Å². The predicted octanol–water partition coefficient (Wildman–Crippen LogP) is 9.60. The first kappa shape index (κ1) is 37.0. The molecule has 2 heterocycles. The van der Waals surface area contributed by atoms with E-state index in [1.807, 2.05) is 24.3 Å². The molecule has 0 amide bonds. The molecule has 4 aromatic carbocycles. The van der Waals surface area contributed by atoms with E-state index >= 15 is 0 Å². The van der Waals surface area contributed by atoms with Gasteiger partial charge in [0.05, 0.1) is 30.1 Å². The maximum Gasteiger partial charge on any atom is 0.264 e. The summed E-state index contributed by atoms with van der Waals surface area (Å²) in [5.74, 6) is 0.733. The van der Waals surface area contributed by atoms with Crippen LogP contribution >= 0.6 is 22.7 Å². The third kappa shape index (κ3) is 8.28. The van der Waals surface area contributed by atoms with Crippen molar-refractivity contribution >= 4 is 42.9 Å². The van der Waals surface area contributed by atoms with Gasteiger partial charge in [0.2, 0.25) is 0 Å². The zero-order valence-electron chi connectivity index (χ0n) is 28.7. The molecule has 0 bridgehead atoms. The molecule has 0 saturated heterocycles. The molecule has 1 aliphatic carbocycles. The van der Waals surface area contributed by atoms with Gasteiger partial charge in [0.25, 0.3) is 20.2 Å². The van der Waals surface area contributed by atoms with Crippen molar-refractivity contribution in [3.8, 4) is 42.8 Å². The van der Waals surface area contributed by atoms with Gasteiger partial charge in [-0.2, -0.15) is 16.8 Å². The summed E-state index contributed by atoms with van der Waals surface area (Å²) in [6.07, 6.45) is 1.58. The fourth-order valence-electron chi connectivity index (χ4n) is 7.02. The summed E-state index contributed by atoms with van der Waals surface area (Å²) >= 11 is 3.51. The molecule has 12 heteroatoms. The van der Waals surface area contributed by atoms with Crippen LogP contribution in [0.4, 0.5) is 0 Å². The molecule has 0 saturated carbocycles. The smallest absolute Gasteiger partial charge is 0.264 e. The first-order chi connectivity index (χ1) is 25.5. The largest absolute Gasteiger partial charge is 0.494 e. The number of hydrogen-bond donors (Lipinski definition) is 2. The number of unbranched alkanes of at least 4 members (excludes halogenated alkanes) is 2. The zero-order chi connectivity index (χ0) is 37.1. The Hall–Kier alpha value is -4.30. The lowest BCUT2D eigenvalue weighted by Gasteiger charge is -2.34. The molecule has 8 nitrogen and oxygen atoms in total. The van der Waals surface area contributed by atoms with Crippen LogP contribution in [-0.4, -0.2) is 50.7 Å². The molecular formula is C41H38O8S4. The van der Waals surface area contributed by atoms with Gasteiger partial charge in [-0.3, -0.25) is 9.11 Å². The van der Waals surface area contributed by atoms with Crippen LogP contribution in [0.2, 0.25) is 0 Å². The van der Waals surface area contributed by atoms with Crippen molar-refractivity contribution in [1.29, 1.82) is 0 Å². The lowest BCUT2D eigenvalue weighted by molar-refractivity contribution is 0.309. The van der Waals surface area contributed by atoms with Crippen molar-refractivity contribution in [3.63, 3.8) is 0 Å². The minimum Gasteiger partial charge on any atom is -0.494 e. The van der Waals surface area contributed by atoms with Crippen LogP contribution in [0.15, 0.2) is 121 Å². The SMILES string of the molecule is O=S(=O)(O)CCCCOc1ccc(C2(c3ccc(OCCCCS(=O)(=O)O)cc3)c3ccccc3-c3ccc(-c4ccc(-c5cccs5)s4)cc32)cc1. The quantitative estimate of drug-likeness (QED) is 0.0733. The third-order valence-electron chi connectivity index (χ3n) is 9.40. The molecule has 2 aromatic heterocycles. The van der Waals surface area contributed by atoms with E-state index in [2.05, 4.69) is 96.4 Å². The minimum atomic E-state index is -4.00. The van der Waals surface area contributed by atoms with Crippen LogP contribution in [0.3, 0.4) is 0 Å². The van der Waals surface area contributed by atoms with E-state index in [-0.39, 0.29) is 11.5 Å². The monoisotopic (exact) mass is 786 g/mol. The molecule has 0 unspecified atom stereocenters. The van der Waals surface area contributed by atoms with Crippen molar-refractivity contribution < 1.29 is 35.4 Å². The highest BCUT2D eigenvalue weighted by molar-refractivity contribution is 7.86. The van der Waals surface area contributed by atoms with Crippen LogP contribution in [0.1, 0.15) is 47.9 Å². The van der Waals surface area contributed by atoms with E-state index in [4.69, 9.17) is 18.6 Å².